The second-order valence-electron chi connectivity index (χ2n) is 10.4. The van der Waals surface area contributed by atoms with E-state index in [0.29, 0.717) is 5.41 Å². The fourth-order valence-electron chi connectivity index (χ4n) is 5.79. The Bertz CT molecular complexity index is 1400. The normalized spacial score (nSPS) is 17.9. The molecule has 1 aliphatic carbocycles. The largest absolute Gasteiger partial charge is 0.337 e. The maximum absolute atomic E-state index is 4.83. The highest BCUT2D eigenvalue weighted by Gasteiger charge is 2.30. The van der Waals surface area contributed by atoms with Crippen molar-refractivity contribution in [3.63, 3.8) is 0 Å². The van der Waals surface area contributed by atoms with Crippen LogP contribution in [0.15, 0.2) is 54.7 Å². The van der Waals surface area contributed by atoms with Crippen molar-refractivity contribution in [3.05, 3.63) is 66.0 Å². The van der Waals surface area contributed by atoms with Crippen LogP contribution in [0.2, 0.25) is 0 Å². The average Bonchev–Trinajstić information content (AvgIpc) is 3.29. The van der Waals surface area contributed by atoms with Crippen molar-refractivity contribution in [2.24, 2.45) is 5.41 Å². The van der Waals surface area contributed by atoms with Crippen molar-refractivity contribution in [3.8, 4) is 22.6 Å². The number of rotatable bonds is 8. The van der Waals surface area contributed by atoms with Crippen LogP contribution in [-0.4, -0.2) is 19.9 Å². The maximum Gasteiger partial charge on any atom is 0.123 e. The van der Waals surface area contributed by atoms with E-state index in [2.05, 4.69) is 64.6 Å². The van der Waals surface area contributed by atoms with Gasteiger partial charge in [-0.1, -0.05) is 60.6 Å². The fourth-order valence-corrected chi connectivity index (χ4v) is 6.06. The van der Waals surface area contributed by atoms with Crippen LogP contribution in [0.3, 0.4) is 0 Å². The Morgan fingerprint density at radius 2 is 1.86 bits per heavy atom. The molecule has 2 unspecified atom stereocenters. The number of benzene rings is 1. The summed E-state index contributed by atoms with van der Waals surface area (Å²) >= 11 is 0. The number of aromatic amines is 1. The lowest BCUT2D eigenvalue weighted by molar-refractivity contribution is 0.209. The third-order valence-electron chi connectivity index (χ3n) is 7.74. The predicted molar refractivity (Wildman–Crippen MR) is 155 cm³/mol. The molecule has 0 spiro atoms. The number of unbranched alkanes of at least 4 members (excludes halogenated alkanes) is 1. The Hall–Kier alpha value is -2.84. The fraction of sp³-hybridized carbons (Fsp3) is 0.387. The lowest BCUT2D eigenvalue weighted by Crippen LogP contribution is -2.23. The Balaban J connectivity index is 1.47. The monoisotopic (exact) mass is 496 g/mol. The second-order valence-corrected chi connectivity index (χ2v) is 11.0. The number of nitrogens with zero attached hydrogens (tertiary/aromatic N) is 3. The molecule has 36 heavy (non-hydrogen) atoms. The molecular weight excluding hydrogens is 459 g/mol. The van der Waals surface area contributed by atoms with Crippen molar-refractivity contribution in [1.29, 1.82) is 0 Å². The number of aryl methyl sites for hydroxylation is 1. The molecule has 0 saturated carbocycles. The molecule has 0 amide bonds. The zero-order chi connectivity index (χ0) is 25.1. The van der Waals surface area contributed by atoms with E-state index < -0.39 is 0 Å². The lowest BCUT2D eigenvalue weighted by atomic mass is 9.68. The second kappa shape index (κ2) is 10.6. The van der Waals surface area contributed by atoms with Crippen LogP contribution in [0.4, 0.5) is 0 Å². The molecule has 0 saturated heterocycles. The van der Waals surface area contributed by atoms with E-state index in [4.69, 9.17) is 15.0 Å². The number of aromatic nitrogens is 4. The third kappa shape index (κ3) is 5.15. The van der Waals surface area contributed by atoms with E-state index in [-0.39, 0.29) is 0 Å². The summed E-state index contributed by atoms with van der Waals surface area (Å²) in [5.41, 5.74) is 9.87. The van der Waals surface area contributed by atoms with Gasteiger partial charge in [0.05, 0.1) is 22.6 Å². The van der Waals surface area contributed by atoms with Gasteiger partial charge in [0.1, 0.15) is 5.57 Å². The van der Waals surface area contributed by atoms with E-state index in [9.17, 15) is 0 Å². The first-order valence-corrected chi connectivity index (χ1v) is 14.0. The molecule has 4 aromatic rings. The van der Waals surface area contributed by atoms with Gasteiger partial charge in [-0.2, -0.15) is 0 Å². The Morgan fingerprint density at radius 1 is 1.00 bits per heavy atom. The van der Waals surface area contributed by atoms with Gasteiger partial charge in [0.15, 0.2) is 0 Å². The smallest absolute Gasteiger partial charge is 0.123 e. The highest BCUT2D eigenvalue weighted by Crippen LogP contribution is 2.45. The van der Waals surface area contributed by atoms with Gasteiger partial charge in [0.2, 0.25) is 0 Å². The van der Waals surface area contributed by atoms with Gasteiger partial charge in [-0.3, -0.25) is 9.97 Å². The van der Waals surface area contributed by atoms with Crippen LogP contribution in [-0.2, 0) is 0 Å². The molecule has 2 atom stereocenters. The standard InChI is InChI=1S/C31H37N4P/c1-4-6-15-31(14-5-2)16-12-22(13-17-31)25-19-24-18-23(10-11-26(24)32-20-25)28-29(35-30(36)34-28)27-9-7-8-21(3)33-27/h7-12,18-20H,4-6,13-17,36H2,1-3H3,(H,34,35). The quantitative estimate of drug-likeness (QED) is 0.251. The van der Waals surface area contributed by atoms with Crippen LogP contribution in [0.25, 0.3) is 39.1 Å². The Labute approximate surface area is 217 Å². The van der Waals surface area contributed by atoms with Gasteiger partial charge in [-0.05, 0) is 85.9 Å². The van der Waals surface area contributed by atoms with Crippen LogP contribution in [0.1, 0.15) is 76.5 Å². The highest BCUT2D eigenvalue weighted by molar-refractivity contribution is 7.26. The molecule has 4 nitrogen and oxygen atoms in total. The summed E-state index contributed by atoms with van der Waals surface area (Å²) in [6.07, 6.45) is 14.8. The molecule has 1 aliphatic rings. The molecule has 3 heterocycles. The molecule has 1 N–H and O–H groups in total. The Morgan fingerprint density at radius 3 is 2.61 bits per heavy atom. The minimum Gasteiger partial charge on any atom is -0.337 e. The van der Waals surface area contributed by atoms with Crippen molar-refractivity contribution < 1.29 is 0 Å². The number of hydrogen-bond donors (Lipinski definition) is 1. The number of fused-ring (bicyclic) bond motifs is 1. The van der Waals surface area contributed by atoms with Gasteiger partial charge in [0, 0.05) is 22.8 Å². The van der Waals surface area contributed by atoms with E-state index in [1.54, 1.807) is 0 Å². The minimum absolute atomic E-state index is 0.502. The lowest BCUT2D eigenvalue weighted by Gasteiger charge is -2.37. The average molecular weight is 497 g/mol. The van der Waals surface area contributed by atoms with E-state index in [1.807, 2.05) is 25.1 Å². The van der Waals surface area contributed by atoms with Gasteiger partial charge in [-0.25, -0.2) is 4.98 Å². The van der Waals surface area contributed by atoms with E-state index >= 15 is 0 Å². The predicted octanol–water partition coefficient (Wildman–Crippen LogP) is 8.04. The zero-order valence-corrected chi connectivity index (χ0v) is 22.9. The summed E-state index contributed by atoms with van der Waals surface area (Å²) in [4.78, 5) is 17.7. The summed E-state index contributed by atoms with van der Waals surface area (Å²) in [5, 5.41) is 1.15. The molecule has 5 heteroatoms. The van der Waals surface area contributed by atoms with Crippen LogP contribution < -0.4 is 5.57 Å². The number of allylic oxidation sites excluding steroid dienone is 2. The first-order chi connectivity index (χ1) is 17.5. The molecule has 0 bridgehead atoms. The molecule has 3 aromatic heterocycles. The zero-order valence-electron chi connectivity index (χ0n) is 21.8. The third-order valence-corrected chi connectivity index (χ3v) is 8.01. The van der Waals surface area contributed by atoms with Crippen LogP contribution in [0.5, 0.6) is 0 Å². The minimum atomic E-state index is 0.502. The first kappa shape index (κ1) is 24.8. The summed E-state index contributed by atoms with van der Waals surface area (Å²) in [7, 11) is 2.68. The molecule has 0 aliphatic heterocycles. The summed E-state index contributed by atoms with van der Waals surface area (Å²) in [5.74, 6) is 0. The number of nitrogens with one attached hydrogen (secondary N) is 1. The van der Waals surface area contributed by atoms with Crippen molar-refractivity contribution >= 4 is 31.3 Å². The summed E-state index contributed by atoms with van der Waals surface area (Å²) in [6.45, 7) is 6.65. The first-order valence-electron chi connectivity index (χ1n) is 13.4. The van der Waals surface area contributed by atoms with Crippen LogP contribution in [0, 0.1) is 12.3 Å². The summed E-state index contributed by atoms with van der Waals surface area (Å²) < 4.78 is 0. The van der Waals surface area contributed by atoms with Crippen LogP contribution >= 0.6 is 9.24 Å². The number of hydrogen-bond acceptors (Lipinski definition) is 3. The van der Waals surface area contributed by atoms with Crippen molar-refractivity contribution in [2.75, 3.05) is 0 Å². The van der Waals surface area contributed by atoms with E-state index in [1.165, 1.54) is 56.1 Å². The molecule has 0 radical (unpaired) electrons. The van der Waals surface area contributed by atoms with E-state index in [0.717, 1.165) is 51.2 Å². The maximum atomic E-state index is 4.83. The topological polar surface area (TPSA) is 54.5 Å². The van der Waals surface area contributed by atoms with Gasteiger partial charge >= 0.3 is 0 Å². The van der Waals surface area contributed by atoms with Gasteiger partial charge in [-0.15, -0.1) is 0 Å². The molecule has 0 fully saturated rings. The molecule has 5 rings (SSSR count). The SMILES string of the molecule is CCCCC1(CCC)CC=C(c2cnc3ccc(-c4nc(P)[nH]c4-c4cccc(C)n4)cc3c2)CC1. The van der Waals surface area contributed by atoms with Crippen molar-refractivity contribution in [2.45, 2.75) is 72.1 Å². The summed E-state index contributed by atoms with van der Waals surface area (Å²) in [6, 6.07) is 14.8. The highest BCUT2D eigenvalue weighted by atomic mass is 31.0. The van der Waals surface area contributed by atoms with Gasteiger partial charge < -0.3 is 4.98 Å². The molecule has 186 valence electrons. The molecular formula is C31H37N4P. The van der Waals surface area contributed by atoms with Gasteiger partial charge in [0.25, 0.3) is 0 Å². The Kier molecular flexibility index (Phi) is 7.34. The molecule has 1 aromatic carbocycles. The number of imidazole rings is 1. The number of pyridine rings is 2. The van der Waals surface area contributed by atoms with Crippen molar-refractivity contribution in [1.82, 2.24) is 19.9 Å². The number of H-pyrrole nitrogens is 1.